The molecule has 1 heterocycles. The van der Waals surface area contributed by atoms with Crippen LogP contribution in [-0.2, 0) is 4.79 Å². The lowest BCUT2D eigenvalue weighted by atomic mass is 9.87. The molecule has 1 aliphatic carbocycles. The van der Waals surface area contributed by atoms with Crippen molar-refractivity contribution in [1.82, 2.24) is 0 Å². The fraction of sp³-hybridized carbons (Fsp3) is 0.579. The van der Waals surface area contributed by atoms with Crippen LogP contribution in [0.2, 0.25) is 0 Å². The summed E-state index contributed by atoms with van der Waals surface area (Å²) in [6.45, 7) is 0. The third-order valence-corrected chi connectivity index (χ3v) is 4.95. The molecule has 0 aromatic heterocycles. The van der Waals surface area contributed by atoms with Gasteiger partial charge in [-0.1, -0.05) is 56.7 Å². The summed E-state index contributed by atoms with van der Waals surface area (Å²) >= 11 is 0. The number of rotatable bonds is 1. The number of nitrogens with zero attached hydrogens (tertiary/aromatic N) is 2. The summed E-state index contributed by atoms with van der Waals surface area (Å²) in [6.07, 6.45) is 10.3. The second-order valence-electron chi connectivity index (χ2n) is 6.69. The van der Waals surface area contributed by atoms with Gasteiger partial charge in [-0.05, 0) is 37.8 Å². The van der Waals surface area contributed by atoms with Crippen molar-refractivity contribution in [3.8, 4) is 0 Å². The molecule has 0 bridgehead atoms. The van der Waals surface area contributed by atoms with E-state index in [0.29, 0.717) is 18.6 Å². The zero-order chi connectivity index (χ0) is 16.1. The van der Waals surface area contributed by atoms with Gasteiger partial charge in [0, 0.05) is 0 Å². The molecule has 4 nitrogen and oxygen atoms in total. The SMILES string of the molecule is O=C1N(c2ccccc2)N=C2CCCCCCCCCC[C@]12O. The van der Waals surface area contributed by atoms with Gasteiger partial charge < -0.3 is 5.11 Å². The number of aliphatic hydroxyl groups is 1. The fourth-order valence-corrected chi connectivity index (χ4v) is 3.53. The number of hydrogen-bond donors (Lipinski definition) is 1. The first-order valence-corrected chi connectivity index (χ1v) is 8.92. The van der Waals surface area contributed by atoms with E-state index in [1.165, 1.54) is 30.7 Å². The Kier molecular flexibility index (Phi) is 5.11. The average molecular weight is 314 g/mol. The molecule has 1 aliphatic heterocycles. The van der Waals surface area contributed by atoms with Gasteiger partial charge in [-0.2, -0.15) is 10.1 Å². The van der Waals surface area contributed by atoms with Crippen molar-refractivity contribution in [2.45, 2.75) is 69.8 Å². The van der Waals surface area contributed by atoms with Gasteiger partial charge in [0.15, 0.2) is 5.60 Å². The number of amides is 1. The van der Waals surface area contributed by atoms with Crippen molar-refractivity contribution in [2.24, 2.45) is 5.10 Å². The van der Waals surface area contributed by atoms with Crippen molar-refractivity contribution in [3.05, 3.63) is 30.3 Å². The number of hydrogen-bond acceptors (Lipinski definition) is 3. The van der Waals surface area contributed by atoms with E-state index in [0.717, 1.165) is 31.4 Å². The summed E-state index contributed by atoms with van der Waals surface area (Å²) in [5, 5.41) is 17.0. The molecule has 23 heavy (non-hydrogen) atoms. The molecule has 2 aliphatic rings. The molecule has 4 heteroatoms. The highest BCUT2D eigenvalue weighted by atomic mass is 16.3. The highest BCUT2D eigenvalue weighted by Gasteiger charge is 2.49. The van der Waals surface area contributed by atoms with Crippen molar-refractivity contribution in [2.75, 3.05) is 5.01 Å². The summed E-state index contributed by atoms with van der Waals surface area (Å²) in [5.74, 6) is -0.282. The molecule has 1 fully saturated rings. The smallest absolute Gasteiger partial charge is 0.285 e. The standard InChI is InChI=1S/C19H26N2O2/c22-18-19(23)15-11-6-4-2-1-3-5-10-14-17(19)20-21(18)16-12-8-7-9-13-16/h7-9,12-13,23H,1-6,10-11,14-15H2/t19-/m1/s1. The maximum absolute atomic E-state index is 12.8. The molecule has 0 saturated heterocycles. The first-order valence-electron chi connectivity index (χ1n) is 8.92. The Hall–Kier alpha value is -1.68. The second-order valence-corrected chi connectivity index (χ2v) is 6.69. The normalized spacial score (nSPS) is 26.9. The first-order chi connectivity index (χ1) is 11.2. The summed E-state index contributed by atoms with van der Waals surface area (Å²) in [7, 11) is 0. The van der Waals surface area contributed by atoms with Crippen LogP contribution in [0, 0.1) is 0 Å². The third kappa shape index (κ3) is 3.47. The molecule has 1 atom stereocenters. The van der Waals surface area contributed by atoms with Gasteiger partial charge in [-0.25, -0.2) is 0 Å². The number of para-hydroxylation sites is 1. The van der Waals surface area contributed by atoms with E-state index in [1.54, 1.807) is 0 Å². The van der Waals surface area contributed by atoms with E-state index in [-0.39, 0.29) is 5.91 Å². The van der Waals surface area contributed by atoms with Crippen LogP contribution in [0.25, 0.3) is 0 Å². The van der Waals surface area contributed by atoms with E-state index < -0.39 is 5.60 Å². The van der Waals surface area contributed by atoms with Crippen molar-refractivity contribution in [3.63, 3.8) is 0 Å². The minimum Gasteiger partial charge on any atom is -0.374 e. The third-order valence-electron chi connectivity index (χ3n) is 4.95. The lowest BCUT2D eigenvalue weighted by Gasteiger charge is -2.24. The summed E-state index contributed by atoms with van der Waals surface area (Å²) in [6, 6.07) is 9.41. The number of hydrazone groups is 1. The largest absolute Gasteiger partial charge is 0.374 e. The van der Waals surface area contributed by atoms with E-state index in [9.17, 15) is 9.90 Å². The van der Waals surface area contributed by atoms with E-state index in [4.69, 9.17) is 0 Å². The molecule has 0 radical (unpaired) electrons. The molecule has 1 aromatic rings. The van der Waals surface area contributed by atoms with Crippen LogP contribution in [-0.4, -0.2) is 22.3 Å². The number of benzene rings is 1. The van der Waals surface area contributed by atoms with Gasteiger partial charge in [0.25, 0.3) is 5.91 Å². The summed E-state index contributed by atoms with van der Waals surface area (Å²) in [4.78, 5) is 12.8. The van der Waals surface area contributed by atoms with Gasteiger partial charge in [-0.15, -0.1) is 0 Å². The van der Waals surface area contributed by atoms with Crippen LogP contribution in [0.15, 0.2) is 35.4 Å². The average Bonchev–Trinajstić information content (AvgIpc) is 2.81. The first kappa shape index (κ1) is 16.2. The Balaban J connectivity index is 1.83. The van der Waals surface area contributed by atoms with Gasteiger partial charge >= 0.3 is 0 Å². The van der Waals surface area contributed by atoms with Crippen LogP contribution < -0.4 is 5.01 Å². The van der Waals surface area contributed by atoms with Crippen LogP contribution in [0.1, 0.15) is 64.2 Å². The maximum Gasteiger partial charge on any atom is 0.285 e. The zero-order valence-electron chi connectivity index (χ0n) is 13.7. The number of carbonyl (C=O) groups excluding carboxylic acids is 1. The minimum atomic E-state index is -1.39. The van der Waals surface area contributed by atoms with Gasteiger partial charge in [0.1, 0.15) is 0 Å². The highest BCUT2D eigenvalue weighted by molar-refractivity contribution is 6.21. The molecule has 1 N–H and O–H groups in total. The Morgan fingerprint density at radius 2 is 1.52 bits per heavy atom. The topological polar surface area (TPSA) is 52.9 Å². The van der Waals surface area contributed by atoms with Crippen molar-refractivity contribution >= 4 is 17.3 Å². The quantitative estimate of drug-likeness (QED) is 0.850. The van der Waals surface area contributed by atoms with Gasteiger partial charge in [0.2, 0.25) is 0 Å². The Morgan fingerprint density at radius 1 is 0.913 bits per heavy atom. The number of carbonyl (C=O) groups is 1. The highest BCUT2D eigenvalue weighted by Crippen LogP contribution is 2.32. The summed E-state index contributed by atoms with van der Waals surface area (Å²) < 4.78 is 0. The van der Waals surface area contributed by atoms with E-state index in [1.807, 2.05) is 30.3 Å². The van der Waals surface area contributed by atoms with Crippen LogP contribution in [0.4, 0.5) is 5.69 Å². The van der Waals surface area contributed by atoms with Crippen molar-refractivity contribution in [1.29, 1.82) is 0 Å². The predicted octanol–water partition coefficient (Wildman–Crippen LogP) is 4.03. The van der Waals surface area contributed by atoms with Crippen LogP contribution in [0.5, 0.6) is 0 Å². The Labute approximate surface area is 138 Å². The number of anilines is 1. The Morgan fingerprint density at radius 3 is 2.22 bits per heavy atom. The minimum absolute atomic E-state index is 0.282. The summed E-state index contributed by atoms with van der Waals surface area (Å²) in [5.41, 5.74) is -0.00291. The lowest BCUT2D eigenvalue weighted by Crippen LogP contribution is -2.46. The molecule has 1 amide bonds. The predicted molar refractivity (Wildman–Crippen MR) is 92.5 cm³/mol. The van der Waals surface area contributed by atoms with E-state index in [2.05, 4.69) is 5.10 Å². The number of fused-ring (bicyclic) bond motifs is 1. The maximum atomic E-state index is 12.8. The molecule has 124 valence electrons. The van der Waals surface area contributed by atoms with Crippen LogP contribution >= 0.6 is 0 Å². The Bertz CT molecular complexity index is 570. The van der Waals surface area contributed by atoms with Gasteiger partial charge in [0.05, 0.1) is 11.4 Å². The molecule has 0 spiro atoms. The van der Waals surface area contributed by atoms with E-state index >= 15 is 0 Å². The second kappa shape index (κ2) is 7.26. The fourth-order valence-electron chi connectivity index (χ4n) is 3.53. The van der Waals surface area contributed by atoms with Gasteiger partial charge in [-0.3, -0.25) is 4.79 Å². The van der Waals surface area contributed by atoms with Crippen LogP contribution in [0.3, 0.4) is 0 Å². The molecule has 1 saturated carbocycles. The van der Waals surface area contributed by atoms with Crippen molar-refractivity contribution < 1.29 is 9.90 Å². The molecular weight excluding hydrogens is 288 g/mol. The molecule has 1 aromatic carbocycles. The zero-order valence-corrected chi connectivity index (χ0v) is 13.7. The molecule has 3 rings (SSSR count). The monoisotopic (exact) mass is 314 g/mol. The molecular formula is C19H26N2O2. The lowest BCUT2D eigenvalue weighted by molar-refractivity contribution is -0.130. The molecule has 0 unspecified atom stereocenters.